The third kappa shape index (κ3) is 4.00. The van der Waals surface area contributed by atoms with E-state index in [1.807, 2.05) is 19.1 Å². The van der Waals surface area contributed by atoms with Crippen LogP contribution in [0.2, 0.25) is 5.02 Å². The minimum atomic E-state index is -0.172. The molecule has 0 aromatic heterocycles. The Morgan fingerprint density at radius 2 is 1.95 bits per heavy atom. The van der Waals surface area contributed by atoms with E-state index in [1.165, 1.54) is 0 Å². The van der Waals surface area contributed by atoms with E-state index in [0.717, 1.165) is 6.42 Å². The first-order valence-corrected chi connectivity index (χ1v) is 6.86. The predicted molar refractivity (Wildman–Crippen MR) is 81.6 cm³/mol. The maximum Gasteiger partial charge on any atom is 0.255 e. The summed E-state index contributed by atoms with van der Waals surface area (Å²) in [6.07, 6.45) is 0.932. The van der Waals surface area contributed by atoms with Gasteiger partial charge in [-0.05, 0) is 48.9 Å². The van der Waals surface area contributed by atoms with Gasteiger partial charge in [0.25, 0.3) is 5.91 Å². The van der Waals surface area contributed by atoms with Crippen LogP contribution in [-0.4, -0.2) is 12.5 Å². The summed E-state index contributed by atoms with van der Waals surface area (Å²) >= 11 is 5.81. The van der Waals surface area contributed by atoms with Crippen molar-refractivity contribution in [3.05, 3.63) is 59.1 Å². The van der Waals surface area contributed by atoms with Crippen LogP contribution in [0.4, 0.5) is 5.69 Å². The number of carbonyl (C=O) groups excluding carboxylic acids is 1. The van der Waals surface area contributed by atoms with Crippen LogP contribution >= 0.6 is 11.6 Å². The molecule has 0 aliphatic heterocycles. The van der Waals surface area contributed by atoms with Gasteiger partial charge in [-0.2, -0.15) is 0 Å². The number of hydrogen-bond acceptors (Lipinski definition) is 2. The summed E-state index contributed by atoms with van der Waals surface area (Å²) < 4.78 is 5.51. The van der Waals surface area contributed by atoms with Gasteiger partial charge in [-0.15, -0.1) is 0 Å². The van der Waals surface area contributed by atoms with Crippen molar-refractivity contribution in [3.63, 3.8) is 0 Å². The standard InChI is InChI=1S/C16H16ClNO2/c1-2-10-20-15-5-3-4-12(11-15)16(19)18-14-8-6-13(17)7-9-14/h3-9,11H,2,10H2,1H3,(H,18,19). The molecule has 104 valence electrons. The second-order valence-electron chi connectivity index (χ2n) is 4.34. The summed E-state index contributed by atoms with van der Waals surface area (Å²) in [6.45, 7) is 2.68. The average molecular weight is 290 g/mol. The van der Waals surface area contributed by atoms with Crippen LogP contribution in [0.3, 0.4) is 0 Å². The molecule has 0 saturated heterocycles. The Balaban J connectivity index is 2.06. The Morgan fingerprint density at radius 1 is 1.20 bits per heavy atom. The minimum Gasteiger partial charge on any atom is -0.494 e. The molecular weight excluding hydrogens is 274 g/mol. The molecule has 2 rings (SSSR count). The van der Waals surface area contributed by atoms with Crippen molar-refractivity contribution in [2.75, 3.05) is 11.9 Å². The van der Waals surface area contributed by atoms with Crippen molar-refractivity contribution < 1.29 is 9.53 Å². The van der Waals surface area contributed by atoms with Gasteiger partial charge in [0.1, 0.15) is 5.75 Å². The van der Waals surface area contributed by atoms with Crippen molar-refractivity contribution in [2.24, 2.45) is 0 Å². The second kappa shape index (κ2) is 6.96. The molecule has 1 N–H and O–H groups in total. The molecule has 0 aliphatic carbocycles. The van der Waals surface area contributed by atoms with Crippen molar-refractivity contribution >= 4 is 23.2 Å². The van der Waals surface area contributed by atoms with E-state index in [9.17, 15) is 4.79 Å². The fourth-order valence-electron chi connectivity index (χ4n) is 1.68. The van der Waals surface area contributed by atoms with Gasteiger partial charge in [0, 0.05) is 16.3 Å². The molecule has 2 aromatic rings. The molecule has 0 aliphatic rings. The fourth-order valence-corrected chi connectivity index (χ4v) is 1.81. The first-order chi connectivity index (χ1) is 9.69. The van der Waals surface area contributed by atoms with Crippen molar-refractivity contribution in [2.45, 2.75) is 13.3 Å². The number of carbonyl (C=O) groups is 1. The van der Waals surface area contributed by atoms with Gasteiger partial charge in [-0.25, -0.2) is 0 Å². The number of hydrogen-bond donors (Lipinski definition) is 1. The number of amides is 1. The number of halogens is 1. The smallest absolute Gasteiger partial charge is 0.255 e. The average Bonchev–Trinajstić information content (AvgIpc) is 2.48. The topological polar surface area (TPSA) is 38.3 Å². The zero-order valence-corrected chi connectivity index (χ0v) is 12.0. The SMILES string of the molecule is CCCOc1cccc(C(=O)Nc2ccc(Cl)cc2)c1. The third-order valence-corrected chi connectivity index (χ3v) is 2.92. The summed E-state index contributed by atoms with van der Waals surface area (Å²) in [4.78, 5) is 12.1. The largest absolute Gasteiger partial charge is 0.494 e. The van der Waals surface area contributed by atoms with Crippen LogP contribution in [0.25, 0.3) is 0 Å². The van der Waals surface area contributed by atoms with Gasteiger partial charge in [0.05, 0.1) is 6.61 Å². The van der Waals surface area contributed by atoms with Gasteiger partial charge < -0.3 is 10.1 Å². The Morgan fingerprint density at radius 3 is 2.65 bits per heavy atom. The minimum absolute atomic E-state index is 0.172. The van der Waals surface area contributed by atoms with Crippen LogP contribution < -0.4 is 10.1 Å². The fraction of sp³-hybridized carbons (Fsp3) is 0.188. The first-order valence-electron chi connectivity index (χ1n) is 6.49. The lowest BCUT2D eigenvalue weighted by atomic mass is 10.2. The van der Waals surface area contributed by atoms with E-state index in [2.05, 4.69) is 5.32 Å². The molecule has 1 amide bonds. The molecule has 0 saturated carbocycles. The van der Waals surface area contributed by atoms with Crippen LogP contribution in [-0.2, 0) is 0 Å². The monoisotopic (exact) mass is 289 g/mol. The van der Waals surface area contributed by atoms with Crippen molar-refractivity contribution in [1.82, 2.24) is 0 Å². The van der Waals surface area contributed by atoms with Crippen molar-refractivity contribution in [1.29, 1.82) is 0 Å². The van der Waals surface area contributed by atoms with E-state index >= 15 is 0 Å². The maximum atomic E-state index is 12.1. The molecule has 0 atom stereocenters. The Kier molecular flexibility index (Phi) is 5.02. The lowest BCUT2D eigenvalue weighted by molar-refractivity contribution is 0.102. The Hall–Kier alpha value is -2.00. The highest BCUT2D eigenvalue weighted by atomic mass is 35.5. The first kappa shape index (κ1) is 14.4. The van der Waals surface area contributed by atoms with E-state index in [-0.39, 0.29) is 5.91 Å². The molecule has 20 heavy (non-hydrogen) atoms. The van der Waals surface area contributed by atoms with Gasteiger partial charge in [-0.1, -0.05) is 24.6 Å². The molecule has 0 fully saturated rings. The zero-order valence-electron chi connectivity index (χ0n) is 11.2. The molecular formula is C16H16ClNO2. The van der Waals surface area contributed by atoms with E-state index in [1.54, 1.807) is 36.4 Å². The normalized spacial score (nSPS) is 10.1. The van der Waals surface area contributed by atoms with Gasteiger partial charge in [0.2, 0.25) is 0 Å². The number of nitrogens with one attached hydrogen (secondary N) is 1. The van der Waals surface area contributed by atoms with Gasteiger partial charge >= 0.3 is 0 Å². The van der Waals surface area contributed by atoms with Crippen LogP contribution in [0.5, 0.6) is 5.75 Å². The van der Waals surface area contributed by atoms with Crippen molar-refractivity contribution in [3.8, 4) is 5.75 Å². The number of anilines is 1. The molecule has 0 heterocycles. The maximum absolute atomic E-state index is 12.1. The van der Waals surface area contributed by atoms with E-state index < -0.39 is 0 Å². The molecule has 0 spiro atoms. The van der Waals surface area contributed by atoms with Crippen LogP contribution in [0.1, 0.15) is 23.7 Å². The third-order valence-electron chi connectivity index (χ3n) is 2.67. The number of benzene rings is 2. The van der Waals surface area contributed by atoms with Crippen LogP contribution in [0, 0.1) is 0 Å². The molecule has 0 unspecified atom stereocenters. The molecule has 0 radical (unpaired) electrons. The van der Waals surface area contributed by atoms with E-state index in [0.29, 0.717) is 28.6 Å². The second-order valence-corrected chi connectivity index (χ2v) is 4.77. The zero-order chi connectivity index (χ0) is 14.4. The highest BCUT2D eigenvalue weighted by Gasteiger charge is 2.07. The number of ether oxygens (including phenoxy) is 1. The lowest BCUT2D eigenvalue weighted by Gasteiger charge is -2.08. The number of rotatable bonds is 5. The quantitative estimate of drug-likeness (QED) is 0.887. The summed E-state index contributed by atoms with van der Waals surface area (Å²) in [5.74, 6) is 0.532. The highest BCUT2D eigenvalue weighted by Crippen LogP contribution is 2.17. The Labute approximate surface area is 123 Å². The molecule has 2 aromatic carbocycles. The summed E-state index contributed by atoms with van der Waals surface area (Å²) in [7, 11) is 0. The Bertz CT molecular complexity index is 581. The van der Waals surface area contributed by atoms with Crippen LogP contribution in [0.15, 0.2) is 48.5 Å². The predicted octanol–water partition coefficient (Wildman–Crippen LogP) is 4.38. The molecule has 3 nitrogen and oxygen atoms in total. The molecule has 4 heteroatoms. The van der Waals surface area contributed by atoms with Gasteiger partial charge in [-0.3, -0.25) is 4.79 Å². The molecule has 0 bridgehead atoms. The summed E-state index contributed by atoms with van der Waals surface area (Å²) in [5.41, 5.74) is 1.27. The van der Waals surface area contributed by atoms with E-state index in [4.69, 9.17) is 16.3 Å². The highest BCUT2D eigenvalue weighted by molar-refractivity contribution is 6.30. The summed E-state index contributed by atoms with van der Waals surface area (Å²) in [6, 6.07) is 14.1. The lowest BCUT2D eigenvalue weighted by Crippen LogP contribution is -2.11. The van der Waals surface area contributed by atoms with Gasteiger partial charge in [0.15, 0.2) is 0 Å². The summed E-state index contributed by atoms with van der Waals surface area (Å²) in [5, 5.41) is 3.45.